The number of hydrogen-bond donors (Lipinski definition) is 0. The molecule has 1 saturated heterocycles. The van der Waals surface area contributed by atoms with Crippen LogP contribution in [0.5, 0.6) is 0 Å². The molecule has 0 unspecified atom stereocenters. The number of fused-ring (bicyclic) bond motifs is 1. The first-order valence-electron chi connectivity index (χ1n) is 8.95. The summed E-state index contributed by atoms with van der Waals surface area (Å²) in [5, 5.41) is 16.1. The molecular formula is C19H21N5O3. The molecule has 1 aliphatic heterocycles. The first kappa shape index (κ1) is 17.4. The van der Waals surface area contributed by atoms with Gasteiger partial charge in [0.05, 0.1) is 17.2 Å². The SMILES string of the molecule is Cc1cc(CN2CCN(c3cc(C)nc4c([N+](=O)[O-])cccc34)CC2)on1. The van der Waals surface area contributed by atoms with Gasteiger partial charge in [0.1, 0.15) is 0 Å². The largest absolute Gasteiger partial charge is 0.368 e. The molecule has 0 bridgehead atoms. The van der Waals surface area contributed by atoms with E-state index in [1.165, 1.54) is 6.07 Å². The quantitative estimate of drug-likeness (QED) is 0.517. The van der Waals surface area contributed by atoms with E-state index in [1.807, 2.05) is 32.0 Å². The fourth-order valence-electron chi connectivity index (χ4n) is 3.61. The minimum Gasteiger partial charge on any atom is -0.368 e. The smallest absolute Gasteiger partial charge is 0.295 e. The van der Waals surface area contributed by atoms with Gasteiger partial charge in [-0.15, -0.1) is 0 Å². The standard InChI is InChI=1S/C19H21N5O3/c1-13-11-18(16-4-3-5-17(24(25)26)19(16)20-13)23-8-6-22(7-9-23)12-15-10-14(2)21-27-15/h3-5,10-11H,6-9,12H2,1-2H3. The van der Waals surface area contributed by atoms with Crippen LogP contribution in [0.4, 0.5) is 11.4 Å². The summed E-state index contributed by atoms with van der Waals surface area (Å²) in [6, 6.07) is 9.12. The Hall–Kier alpha value is -3.00. The van der Waals surface area contributed by atoms with E-state index < -0.39 is 0 Å². The van der Waals surface area contributed by atoms with Crippen molar-refractivity contribution in [1.29, 1.82) is 0 Å². The second-order valence-corrected chi connectivity index (χ2v) is 6.91. The Bertz CT molecular complexity index is 992. The van der Waals surface area contributed by atoms with Crippen molar-refractivity contribution < 1.29 is 9.45 Å². The van der Waals surface area contributed by atoms with Crippen LogP contribution in [0.2, 0.25) is 0 Å². The fraction of sp³-hybridized carbons (Fsp3) is 0.368. The number of para-hydroxylation sites is 1. The van der Waals surface area contributed by atoms with Crippen LogP contribution in [0, 0.1) is 24.0 Å². The lowest BCUT2D eigenvalue weighted by Gasteiger charge is -2.36. The van der Waals surface area contributed by atoms with Crippen molar-refractivity contribution in [2.45, 2.75) is 20.4 Å². The van der Waals surface area contributed by atoms with Gasteiger partial charge in [0.25, 0.3) is 5.69 Å². The van der Waals surface area contributed by atoms with E-state index >= 15 is 0 Å². The number of nitro groups is 1. The van der Waals surface area contributed by atoms with Crippen LogP contribution < -0.4 is 4.90 Å². The third kappa shape index (κ3) is 3.48. The van der Waals surface area contributed by atoms with Gasteiger partial charge < -0.3 is 9.42 Å². The van der Waals surface area contributed by atoms with Gasteiger partial charge >= 0.3 is 0 Å². The highest BCUT2D eigenvalue weighted by Gasteiger charge is 2.22. The molecule has 0 spiro atoms. The number of pyridine rings is 1. The summed E-state index contributed by atoms with van der Waals surface area (Å²) in [7, 11) is 0. The van der Waals surface area contributed by atoms with E-state index in [4.69, 9.17) is 4.52 Å². The Labute approximate surface area is 156 Å². The van der Waals surface area contributed by atoms with Crippen LogP contribution in [0.15, 0.2) is 34.9 Å². The normalized spacial score (nSPS) is 15.4. The molecule has 0 saturated carbocycles. The lowest BCUT2D eigenvalue weighted by molar-refractivity contribution is -0.383. The summed E-state index contributed by atoms with van der Waals surface area (Å²) in [5.74, 6) is 0.877. The molecule has 0 atom stereocenters. The molecule has 1 fully saturated rings. The molecule has 0 aliphatic carbocycles. The molecular weight excluding hydrogens is 346 g/mol. The lowest BCUT2D eigenvalue weighted by atomic mass is 10.1. The molecule has 0 amide bonds. The zero-order valence-electron chi connectivity index (χ0n) is 15.4. The van der Waals surface area contributed by atoms with E-state index in [9.17, 15) is 10.1 Å². The van der Waals surface area contributed by atoms with Gasteiger partial charge in [-0.25, -0.2) is 4.98 Å². The number of anilines is 1. The van der Waals surface area contributed by atoms with Crippen LogP contribution in [-0.4, -0.2) is 46.1 Å². The Morgan fingerprint density at radius 1 is 1.15 bits per heavy atom. The van der Waals surface area contributed by atoms with Gasteiger partial charge in [0.2, 0.25) is 0 Å². The average molecular weight is 367 g/mol. The van der Waals surface area contributed by atoms with Crippen LogP contribution in [0.25, 0.3) is 10.9 Å². The molecule has 4 rings (SSSR count). The molecule has 27 heavy (non-hydrogen) atoms. The molecule has 1 aromatic carbocycles. The van der Waals surface area contributed by atoms with Crippen LogP contribution >= 0.6 is 0 Å². The maximum atomic E-state index is 11.4. The number of non-ortho nitro benzene ring substituents is 1. The first-order valence-corrected chi connectivity index (χ1v) is 8.95. The molecule has 8 nitrogen and oxygen atoms in total. The second kappa shape index (κ2) is 6.96. The predicted octanol–water partition coefficient (Wildman–Crippen LogP) is 3.07. The molecule has 0 radical (unpaired) electrons. The van der Waals surface area contributed by atoms with Crippen molar-refractivity contribution in [3.63, 3.8) is 0 Å². The number of hydrogen-bond acceptors (Lipinski definition) is 7. The van der Waals surface area contributed by atoms with Gasteiger partial charge in [-0.1, -0.05) is 17.3 Å². The van der Waals surface area contributed by atoms with Gasteiger partial charge in [-0.3, -0.25) is 15.0 Å². The number of rotatable bonds is 4. The molecule has 3 heterocycles. The highest BCUT2D eigenvalue weighted by atomic mass is 16.6. The van der Waals surface area contributed by atoms with Gasteiger partial charge in [-0.05, 0) is 19.9 Å². The van der Waals surface area contributed by atoms with Crippen LogP contribution in [0.3, 0.4) is 0 Å². The zero-order valence-corrected chi connectivity index (χ0v) is 15.4. The number of piperazine rings is 1. The van der Waals surface area contributed by atoms with Gasteiger partial charge in [-0.2, -0.15) is 0 Å². The van der Waals surface area contributed by atoms with Crippen molar-refractivity contribution in [3.05, 3.63) is 57.6 Å². The van der Waals surface area contributed by atoms with Crippen molar-refractivity contribution in [3.8, 4) is 0 Å². The van der Waals surface area contributed by atoms with E-state index in [1.54, 1.807) is 6.07 Å². The summed E-state index contributed by atoms with van der Waals surface area (Å²) in [6.07, 6.45) is 0. The van der Waals surface area contributed by atoms with Crippen molar-refractivity contribution in [1.82, 2.24) is 15.0 Å². The summed E-state index contributed by atoms with van der Waals surface area (Å²) >= 11 is 0. The lowest BCUT2D eigenvalue weighted by Crippen LogP contribution is -2.46. The molecule has 2 aromatic heterocycles. The monoisotopic (exact) mass is 367 g/mol. The third-order valence-corrected chi connectivity index (χ3v) is 4.89. The Morgan fingerprint density at radius 2 is 1.93 bits per heavy atom. The molecule has 140 valence electrons. The minimum absolute atomic E-state index is 0.0526. The number of nitrogens with zero attached hydrogens (tertiary/aromatic N) is 5. The fourth-order valence-corrected chi connectivity index (χ4v) is 3.61. The summed E-state index contributed by atoms with van der Waals surface area (Å²) < 4.78 is 5.31. The van der Waals surface area contributed by atoms with E-state index in [0.717, 1.165) is 60.9 Å². The number of aryl methyl sites for hydroxylation is 2. The third-order valence-electron chi connectivity index (χ3n) is 4.89. The highest BCUT2D eigenvalue weighted by molar-refractivity contribution is 5.97. The van der Waals surface area contributed by atoms with Crippen molar-refractivity contribution in [2.75, 3.05) is 31.1 Å². The van der Waals surface area contributed by atoms with Crippen molar-refractivity contribution >= 4 is 22.3 Å². The Kier molecular flexibility index (Phi) is 4.49. The topological polar surface area (TPSA) is 88.5 Å². The molecule has 1 aliphatic rings. The average Bonchev–Trinajstić information content (AvgIpc) is 3.06. The maximum absolute atomic E-state index is 11.4. The highest BCUT2D eigenvalue weighted by Crippen LogP contribution is 2.32. The van der Waals surface area contributed by atoms with E-state index in [2.05, 4.69) is 19.9 Å². The Morgan fingerprint density at radius 3 is 2.59 bits per heavy atom. The second-order valence-electron chi connectivity index (χ2n) is 6.91. The molecule has 0 N–H and O–H groups in total. The summed E-state index contributed by atoms with van der Waals surface area (Å²) in [4.78, 5) is 20.0. The van der Waals surface area contributed by atoms with E-state index in [0.29, 0.717) is 5.52 Å². The first-order chi connectivity index (χ1) is 13.0. The van der Waals surface area contributed by atoms with Crippen LogP contribution in [0.1, 0.15) is 17.1 Å². The predicted molar refractivity (Wildman–Crippen MR) is 102 cm³/mol. The number of aromatic nitrogens is 2. The van der Waals surface area contributed by atoms with Gasteiger partial charge in [0, 0.05) is 55.1 Å². The Balaban J connectivity index is 1.57. The number of benzene rings is 1. The molecule has 8 heteroatoms. The summed E-state index contributed by atoms with van der Waals surface area (Å²) in [5.41, 5.74) is 3.19. The zero-order chi connectivity index (χ0) is 19.0. The molecule has 3 aromatic rings. The maximum Gasteiger partial charge on any atom is 0.295 e. The minimum atomic E-state index is -0.365. The van der Waals surface area contributed by atoms with E-state index in [-0.39, 0.29) is 10.6 Å². The van der Waals surface area contributed by atoms with Crippen LogP contribution in [-0.2, 0) is 6.54 Å². The van der Waals surface area contributed by atoms with Crippen molar-refractivity contribution in [2.24, 2.45) is 0 Å². The van der Waals surface area contributed by atoms with Gasteiger partial charge in [0.15, 0.2) is 11.3 Å². The number of nitro benzene ring substituents is 1. The summed E-state index contributed by atoms with van der Waals surface area (Å²) in [6.45, 7) is 8.00.